The van der Waals surface area contributed by atoms with Gasteiger partial charge in [-0.3, -0.25) is 9.48 Å². The number of nitrogens with zero attached hydrogens (tertiary/aromatic N) is 5. The van der Waals surface area contributed by atoms with Crippen molar-refractivity contribution in [3.05, 3.63) is 36.2 Å². The molecule has 11 heteroatoms. The zero-order valence-corrected chi connectivity index (χ0v) is 18.0. The third kappa shape index (κ3) is 4.78. The fraction of sp³-hybridized carbons (Fsp3) is 0.526. The molecule has 1 aliphatic rings. The third-order valence-electron chi connectivity index (χ3n) is 4.78. The maximum absolute atomic E-state index is 14.2. The molecule has 0 spiro atoms. The lowest BCUT2D eigenvalue weighted by atomic mass is 10.2. The second kappa shape index (κ2) is 9.09. The van der Waals surface area contributed by atoms with Crippen LogP contribution >= 0.6 is 0 Å². The standard InChI is InChI=1S/C19H26FN5O4S/c1-4-9-29-16-5-7-17(8-6-16)30(27,28)25-11-14(20)10-15(25)12-24-13-18(21-22-24)19(26)23(2)3/h5-8,13-15H,4,9-12H2,1-3H3/t14-,15-/m0/s1. The molecule has 1 saturated heterocycles. The highest BCUT2D eigenvalue weighted by atomic mass is 32.2. The first-order valence-corrected chi connectivity index (χ1v) is 11.2. The van der Waals surface area contributed by atoms with E-state index in [1.54, 1.807) is 26.2 Å². The van der Waals surface area contributed by atoms with E-state index in [2.05, 4.69) is 10.3 Å². The Morgan fingerprint density at radius 3 is 2.63 bits per heavy atom. The number of aromatic nitrogens is 3. The molecule has 30 heavy (non-hydrogen) atoms. The van der Waals surface area contributed by atoms with Gasteiger partial charge in [-0.2, -0.15) is 4.31 Å². The van der Waals surface area contributed by atoms with Crippen LogP contribution in [0.4, 0.5) is 4.39 Å². The first-order chi connectivity index (χ1) is 14.2. The van der Waals surface area contributed by atoms with Crippen LogP contribution < -0.4 is 4.74 Å². The van der Waals surface area contributed by atoms with Crippen LogP contribution in [-0.4, -0.2) is 78.0 Å². The number of sulfonamides is 1. The molecule has 0 N–H and O–H groups in total. The fourth-order valence-corrected chi connectivity index (χ4v) is 4.94. The average Bonchev–Trinajstić information content (AvgIpc) is 3.33. The summed E-state index contributed by atoms with van der Waals surface area (Å²) >= 11 is 0. The van der Waals surface area contributed by atoms with Crippen molar-refractivity contribution in [2.75, 3.05) is 27.2 Å². The molecule has 0 radical (unpaired) electrons. The zero-order chi connectivity index (χ0) is 21.9. The minimum Gasteiger partial charge on any atom is -0.494 e. The van der Waals surface area contributed by atoms with Crippen molar-refractivity contribution in [3.8, 4) is 5.75 Å². The number of benzene rings is 1. The molecule has 1 aliphatic heterocycles. The number of hydrogen-bond acceptors (Lipinski definition) is 6. The summed E-state index contributed by atoms with van der Waals surface area (Å²) in [5, 5.41) is 7.72. The van der Waals surface area contributed by atoms with Crippen LogP contribution in [0.1, 0.15) is 30.3 Å². The van der Waals surface area contributed by atoms with Gasteiger partial charge in [0.2, 0.25) is 10.0 Å². The van der Waals surface area contributed by atoms with Crippen molar-refractivity contribution in [1.29, 1.82) is 0 Å². The van der Waals surface area contributed by atoms with E-state index in [1.165, 1.54) is 27.9 Å². The van der Waals surface area contributed by atoms with Crippen LogP contribution in [0.5, 0.6) is 5.75 Å². The van der Waals surface area contributed by atoms with Crippen molar-refractivity contribution in [2.24, 2.45) is 0 Å². The Balaban J connectivity index is 1.77. The maximum Gasteiger partial charge on any atom is 0.275 e. The van der Waals surface area contributed by atoms with Crippen molar-refractivity contribution in [2.45, 2.75) is 43.4 Å². The first-order valence-electron chi connectivity index (χ1n) is 9.73. The van der Waals surface area contributed by atoms with E-state index in [9.17, 15) is 17.6 Å². The second-order valence-corrected chi connectivity index (χ2v) is 9.30. The summed E-state index contributed by atoms with van der Waals surface area (Å²) < 4.78 is 48.5. The predicted molar refractivity (Wildman–Crippen MR) is 107 cm³/mol. The molecule has 0 aliphatic carbocycles. The minimum absolute atomic E-state index is 0.0494. The lowest BCUT2D eigenvalue weighted by Gasteiger charge is -2.23. The van der Waals surface area contributed by atoms with Gasteiger partial charge in [0.1, 0.15) is 11.9 Å². The third-order valence-corrected chi connectivity index (χ3v) is 6.71. The Morgan fingerprint density at radius 2 is 2.00 bits per heavy atom. The van der Waals surface area contributed by atoms with Gasteiger partial charge in [0.25, 0.3) is 5.91 Å². The fourth-order valence-electron chi connectivity index (χ4n) is 3.29. The number of hydrogen-bond donors (Lipinski definition) is 0. The average molecular weight is 440 g/mol. The summed E-state index contributed by atoms with van der Waals surface area (Å²) in [4.78, 5) is 13.4. The Labute approximate surface area is 175 Å². The summed E-state index contributed by atoms with van der Waals surface area (Å²) in [6.07, 6.45) is 1.06. The van der Waals surface area contributed by atoms with E-state index in [4.69, 9.17) is 4.74 Å². The van der Waals surface area contributed by atoms with Crippen molar-refractivity contribution < 1.29 is 22.3 Å². The molecule has 9 nitrogen and oxygen atoms in total. The van der Waals surface area contributed by atoms with Gasteiger partial charge in [-0.15, -0.1) is 5.10 Å². The molecule has 1 aromatic heterocycles. The number of ether oxygens (including phenoxy) is 1. The summed E-state index contributed by atoms with van der Waals surface area (Å²) in [6, 6.07) is 5.48. The van der Waals surface area contributed by atoms with E-state index in [0.29, 0.717) is 12.4 Å². The van der Waals surface area contributed by atoms with Gasteiger partial charge in [-0.05, 0) is 37.1 Å². The molecule has 164 valence electrons. The monoisotopic (exact) mass is 439 g/mol. The number of halogens is 1. The number of carbonyl (C=O) groups excluding carboxylic acids is 1. The van der Waals surface area contributed by atoms with Crippen molar-refractivity contribution >= 4 is 15.9 Å². The molecule has 1 amide bonds. The van der Waals surface area contributed by atoms with Crippen LogP contribution in [0.3, 0.4) is 0 Å². The van der Waals surface area contributed by atoms with Crippen molar-refractivity contribution in [1.82, 2.24) is 24.2 Å². The lowest BCUT2D eigenvalue weighted by Crippen LogP contribution is -2.38. The van der Waals surface area contributed by atoms with Gasteiger partial charge >= 0.3 is 0 Å². The summed E-state index contributed by atoms with van der Waals surface area (Å²) in [7, 11) is -0.708. The van der Waals surface area contributed by atoms with E-state index >= 15 is 0 Å². The van der Waals surface area contributed by atoms with Crippen LogP contribution in [-0.2, 0) is 16.6 Å². The SMILES string of the molecule is CCCOc1ccc(S(=O)(=O)N2C[C@@H](F)C[C@H]2Cn2cc(C(=O)N(C)C)nn2)cc1. The quantitative estimate of drug-likeness (QED) is 0.619. The zero-order valence-electron chi connectivity index (χ0n) is 17.2. The van der Waals surface area contributed by atoms with E-state index in [-0.39, 0.29) is 36.0 Å². The highest BCUT2D eigenvalue weighted by Crippen LogP contribution is 2.29. The smallest absolute Gasteiger partial charge is 0.275 e. The van der Waals surface area contributed by atoms with E-state index < -0.39 is 22.2 Å². The van der Waals surface area contributed by atoms with Crippen LogP contribution in [0.25, 0.3) is 0 Å². The molecule has 3 rings (SSSR count). The largest absolute Gasteiger partial charge is 0.494 e. The molecule has 2 aromatic rings. The molecule has 1 aromatic carbocycles. The van der Waals surface area contributed by atoms with E-state index in [1.807, 2.05) is 6.92 Å². The van der Waals surface area contributed by atoms with Crippen LogP contribution in [0.15, 0.2) is 35.4 Å². The van der Waals surface area contributed by atoms with Gasteiger partial charge < -0.3 is 9.64 Å². The lowest BCUT2D eigenvalue weighted by molar-refractivity contribution is 0.0822. The Hall–Kier alpha value is -2.53. The molecule has 1 fully saturated rings. The molecule has 2 atom stereocenters. The highest BCUT2D eigenvalue weighted by Gasteiger charge is 2.40. The van der Waals surface area contributed by atoms with Crippen LogP contribution in [0, 0.1) is 0 Å². The van der Waals surface area contributed by atoms with Gasteiger partial charge in [0.15, 0.2) is 5.69 Å². The summed E-state index contributed by atoms with van der Waals surface area (Å²) in [5.41, 5.74) is 0.145. The molecule has 0 bridgehead atoms. The molecule has 2 heterocycles. The summed E-state index contributed by atoms with van der Waals surface area (Å²) in [6.45, 7) is 2.40. The van der Waals surface area contributed by atoms with Crippen LogP contribution in [0.2, 0.25) is 0 Å². The number of alkyl halides is 1. The predicted octanol–water partition coefficient (Wildman–Crippen LogP) is 1.57. The molecule has 0 saturated carbocycles. The molecular formula is C19H26FN5O4S. The number of rotatable bonds is 8. The normalized spacial score (nSPS) is 19.7. The minimum atomic E-state index is -3.90. The highest BCUT2D eigenvalue weighted by molar-refractivity contribution is 7.89. The Bertz CT molecular complexity index is 977. The molecular weight excluding hydrogens is 413 g/mol. The molecule has 0 unspecified atom stereocenters. The van der Waals surface area contributed by atoms with Gasteiger partial charge in [0, 0.05) is 26.7 Å². The van der Waals surface area contributed by atoms with Crippen molar-refractivity contribution in [3.63, 3.8) is 0 Å². The number of amides is 1. The summed E-state index contributed by atoms with van der Waals surface area (Å²) in [5.74, 6) is 0.267. The first kappa shape index (κ1) is 22.2. The van der Waals surface area contributed by atoms with Gasteiger partial charge in [-0.1, -0.05) is 12.1 Å². The Morgan fingerprint density at radius 1 is 1.30 bits per heavy atom. The van der Waals surface area contributed by atoms with Gasteiger partial charge in [0.05, 0.1) is 24.2 Å². The van der Waals surface area contributed by atoms with Gasteiger partial charge in [-0.25, -0.2) is 12.8 Å². The Kier molecular flexibility index (Phi) is 6.71. The van der Waals surface area contributed by atoms with E-state index in [0.717, 1.165) is 10.7 Å². The maximum atomic E-state index is 14.2. The number of carbonyl (C=O) groups is 1. The topological polar surface area (TPSA) is 97.6 Å². The second-order valence-electron chi connectivity index (χ2n) is 7.41.